The first-order valence-electron chi connectivity index (χ1n) is 6.90. The lowest BCUT2D eigenvalue weighted by Gasteiger charge is -2.14. The molecule has 1 aliphatic carbocycles. The van der Waals surface area contributed by atoms with Gasteiger partial charge >= 0.3 is 5.97 Å². The number of carbonyl (C=O) groups is 1. The van der Waals surface area contributed by atoms with Gasteiger partial charge in [0.1, 0.15) is 0 Å². The Morgan fingerprint density at radius 1 is 1.32 bits per heavy atom. The molecule has 3 rings (SSSR count). The highest BCUT2D eigenvalue weighted by molar-refractivity contribution is 5.77. The van der Waals surface area contributed by atoms with Crippen LogP contribution in [0.2, 0.25) is 0 Å². The zero-order valence-corrected chi connectivity index (χ0v) is 11.0. The second-order valence-corrected chi connectivity index (χ2v) is 5.64. The highest BCUT2D eigenvalue weighted by Gasteiger charge is 2.51. The number of carboxylic acids is 1. The van der Waals surface area contributed by atoms with Crippen LogP contribution in [0.4, 0.5) is 0 Å². The summed E-state index contributed by atoms with van der Waals surface area (Å²) < 4.78 is 1.68. The molecule has 2 fully saturated rings. The Morgan fingerprint density at radius 2 is 2.05 bits per heavy atom. The lowest BCUT2D eigenvalue weighted by atomic mass is 10.1. The molecule has 19 heavy (non-hydrogen) atoms. The van der Waals surface area contributed by atoms with Crippen LogP contribution in [0.5, 0.6) is 0 Å². The SMILES string of the molecule is O=C(O)C1(Cn2nnnc2CCN2CCCC2)CC1. The summed E-state index contributed by atoms with van der Waals surface area (Å²) in [6, 6.07) is 0. The lowest BCUT2D eigenvalue weighted by Crippen LogP contribution is -2.26. The molecule has 2 aliphatic rings. The molecule has 1 saturated heterocycles. The van der Waals surface area contributed by atoms with Gasteiger partial charge in [0, 0.05) is 13.0 Å². The third-order valence-electron chi connectivity index (χ3n) is 4.22. The number of aromatic nitrogens is 4. The van der Waals surface area contributed by atoms with Crippen LogP contribution < -0.4 is 0 Å². The van der Waals surface area contributed by atoms with Gasteiger partial charge in [-0.1, -0.05) is 0 Å². The van der Waals surface area contributed by atoms with Crippen molar-refractivity contribution < 1.29 is 9.90 Å². The maximum atomic E-state index is 11.2. The van der Waals surface area contributed by atoms with Gasteiger partial charge in [0.05, 0.1) is 12.0 Å². The number of hydrogen-bond acceptors (Lipinski definition) is 5. The molecule has 0 unspecified atom stereocenters. The van der Waals surface area contributed by atoms with Crippen LogP contribution in [0.25, 0.3) is 0 Å². The van der Waals surface area contributed by atoms with Crippen LogP contribution in [0.1, 0.15) is 31.5 Å². The highest BCUT2D eigenvalue weighted by atomic mass is 16.4. The molecule has 7 heteroatoms. The van der Waals surface area contributed by atoms with E-state index in [1.165, 1.54) is 12.8 Å². The van der Waals surface area contributed by atoms with Crippen molar-refractivity contribution in [1.29, 1.82) is 0 Å². The van der Waals surface area contributed by atoms with E-state index in [1.54, 1.807) is 4.68 Å². The summed E-state index contributed by atoms with van der Waals surface area (Å²) in [5.41, 5.74) is -0.613. The number of carboxylic acid groups (broad SMARTS) is 1. The van der Waals surface area contributed by atoms with Crippen LogP contribution >= 0.6 is 0 Å². The number of likely N-dealkylation sites (tertiary alicyclic amines) is 1. The second-order valence-electron chi connectivity index (χ2n) is 5.64. The predicted octanol–water partition coefficient (Wildman–Crippen LogP) is 0.176. The van der Waals surface area contributed by atoms with E-state index in [1.807, 2.05) is 0 Å². The molecule has 0 spiro atoms. The van der Waals surface area contributed by atoms with E-state index in [-0.39, 0.29) is 0 Å². The normalized spacial score (nSPS) is 21.7. The van der Waals surface area contributed by atoms with Crippen molar-refractivity contribution in [3.8, 4) is 0 Å². The number of nitrogens with zero attached hydrogens (tertiary/aromatic N) is 5. The molecule has 1 aliphatic heterocycles. The molecular formula is C12H19N5O2. The van der Waals surface area contributed by atoms with Crippen molar-refractivity contribution in [1.82, 2.24) is 25.1 Å². The van der Waals surface area contributed by atoms with E-state index < -0.39 is 11.4 Å². The van der Waals surface area contributed by atoms with E-state index in [2.05, 4.69) is 20.4 Å². The van der Waals surface area contributed by atoms with Crippen molar-refractivity contribution in [2.45, 2.75) is 38.6 Å². The molecule has 0 bridgehead atoms. The first-order valence-corrected chi connectivity index (χ1v) is 6.90. The number of hydrogen-bond donors (Lipinski definition) is 1. The molecule has 7 nitrogen and oxygen atoms in total. The Balaban J connectivity index is 1.60. The van der Waals surface area contributed by atoms with Crippen molar-refractivity contribution in [2.75, 3.05) is 19.6 Å². The van der Waals surface area contributed by atoms with Crippen molar-refractivity contribution in [2.24, 2.45) is 5.41 Å². The first kappa shape index (κ1) is 12.5. The zero-order valence-electron chi connectivity index (χ0n) is 11.0. The molecule has 1 aromatic heterocycles. The Labute approximate surface area is 111 Å². The monoisotopic (exact) mass is 265 g/mol. The molecule has 2 heterocycles. The number of rotatable bonds is 6. The maximum Gasteiger partial charge on any atom is 0.311 e. The summed E-state index contributed by atoms with van der Waals surface area (Å²) >= 11 is 0. The number of aliphatic carboxylic acids is 1. The third-order valence-corrected chi connectivity index (χ3v) is 4.22. The summed E-state index contributed by atoms with van der Waals surface area (Å²) in [7, 11) is 0. The fraction of sp³-hybridized carbons (Fsp3) is 0.833. The quantitative estimate of drug-likeness (QED) is 0.789. The summed E-state index contributed by atoms with van der Waals surface area (Å²) in [5, 5.41) is 20.9. The predicted molar refractivity (Wildman–Crippen MR) is 66.5 cm³/mol. The minimum atomic E-state index is -0.728. The Bertz CT molecular complexity index is 462. The maximum absolute atomic E-state index is 11.2. The summed E-state index contributed by atoms with van der Waals surface area (Å²) in [6.45, 7) is 3.67. The molecule has 1 saturated carbocycles. The standard InChI is InChI=1S/C12H19N5O2/c18-11(19)12(4-5-12)9-17-10(13-14-15-17)3-8-16-6-1-2-7-16/h1-9H2,(H,18,19). The smallest absolute Gasteiger partial charge is 0.311 e. The van der Waals surface area contributed by atoms with Gasteiger partial charge in [0.2, 0.25) is 0 Å². The van der Waals surface area contributed by atoms with E-state index in [0.717, 1.165) is 44.7 Å². The van der Waals surface area contributed by atoms with Gasteiger partial charge in [-0.05, 0) is 49.2 Å². The Morgan fingerprint density at radius 3 is 2.68 bits per heavy atom. The summed E-state index contributed by atoms with van der Waals surface area (Å²) in [5.74, 6) is 0.0768. The highest BCUT2D eigenvalue weighted by Crippen LogP contribution is 2.47. The van der Waals surface area contributed by atoms with Crippen LogP contribution in [-0.4, -0.2) is 55.8 Å². The first-order chi connectivity index (χ1) is 9.20. The van der Waals surface area contributed by atoms with Crippen LogP contribution in [0.3, 0.4) is 0 Å². The van der Waals surface area contributed by atoms with Gasteiger partial charge in [-0.2, -0.15) is 0 Å². The second kappa shape index (κ2) is 4.88. The molecular weight excluding hydrogens is 246 g/mol. The van der Waals surface area contributed by atoms with E-state index in [9.17, 15) is 9.90 Å². The molecule has 0 aromatic carbocycles. The molecule has 0 atom stereocenters. The fourth-order valence-electron chi connectivity index (χ4n) is 2.67. The van der Waals surface area contributed by atoms with Gasteiger partial charge in [-0.15, -0.1) is 5.10 Å². The number of tetrazole rings is 1. The molecule has 0 amide bonds. The third kappa shape index (κ3) is 2.60. The van der Waals surface area contributed by atoms with Crippen LogP contribution in [0, 0.1) is 5.41 Å². The van der Waals surface area contributed by atoms with Crippen LogP contribution in [-0.2, 0) is 17.8 Å². The molecule has 1 N–H and O–H groups in total. The summed E-state index contributed by atoms with van der Waals surface area (Å²) in [4.78, 5) is 13.6. The van der Waals surface area contributed by atoms with Crippen molar-refractivity contribution in [3.63, 3.8) is 0 Å². The van der Waals surface area contributed by atoms with Gasteiger partial charge in [-0.3, -0.25) is 4.79 Å². The van der Waals surface area contributed by atoms with Crippen molar-refractivity contribution >= 4 is 5.97 Å². The van der Waals surface area contributed by atoms with Crippen molar-refractivity contribution in [3.05, 3.63) is 5.82 Å². The van der Waals surface area contributed by atoms with Gasteiger partial charge in [0.15, 0.2) is 5.82 Å². The summed E-state index contributed by atoms with van der Waals surface area (Å²) in [6.07, 6.45) is 4.80. The van der Waals surface area contributed by atoms with Gasteiger partial charge < -0.3 is 10.0 Å². The van der Waals surface area contributed by atoms with E-state index >= 15 is 0 Å². The van der Waals surface area contributed by atoms with Gasteiger partial charge in [0.25, 0.3) is 0 Å². The van der Waals surface area contributed by atoms with E-state index in [4.69, 9.17) is 0 Å². The average molecular weight is 265 g/mol. The molecule has 0 radical (unpaired) electrons. The Hall–Kier alpha value is -1.50. The Kier molecular flexibility index (Phi) is 3.22. The topological polar surface area (TPSA) is 84.1 Å². The van der Waals surface area contributed by atoms with Crippen LogP contribution in [0.15, 0.2) is 0 Å². The minimum absolute atomic E-state index is 0.407. The van der Waals surface area contributed by atoms with Gasteiger partial charge in [-0.25, -0.2) is 4.68 Å². The van der Waals surface area contributed by atoms with E-state index in [0.29, 0.717) is 6.54 Å². The largest absolute Gasteiger partial charge is 0.481 e. The fourth-order valence-corrected chi connectivity index (χ4v) is 2.67. The lowest BCUT2D eigenvalue weighted by molar-refractivity contribution is -0.144. The molecule has 1 aromatic rings. The average Bonchev–Trinajstić information content (AvgIpc) is 2.82. The zero-order chi connectivity index (χ0) is 13.3. The minimum Gasteiger partial charge on any atom is -0.481 e. The molecule has 104 valence electrons.